The van der Waals surface area contributed by atoms with Crippen molar-refractivity contribution in [2.24, 2.45) is 0 Å². The normalized spacial score (nSPS) is 9.81. The van der Waals surface area contributed by atoms with Gasteiger partial charge < -0.3 is 5.32 Å². The van der Waals surface area contributed by atoms with Crippen LogP contribution in [0.1, 0.15) is 24.2 Å². The van der Waals surface area contributed by atoms with Crippen molar-refractivity contribution in [1.29, 1.82) is 0 Å². The largest absolute Gasteiger partial charge is 0.323 e. The van der Waals surface area contributed by atoms with E-state index in [0.717, 1.165) is 5.57 Å². The van der Waals surface area contributed by atoms with Gasteiger partial charge in [0.2, 0.25) is 5.91 Å². The molecule has 0 aliphatic heterocycles. The van der Waals surface area contributed by atoms with Gasteiger partial charge in [0, 0.05) is 28.9 Å². The molecule has 21 heavy (non-hydrogen) atoms. The van der Waals surface area contributed by atoms with E-state index in [4.69, 9.17) is 0 Å². The van der Waals surface area contributed by atoms with Crippen molar-refractivity contribution in [1.82, 2.24) is 4.98 Å². The minimum Gasteiger partial charge on any atom is -0.323 e. The molecule has 0 fully saturated rings. The van der Waals surface area contributed by atoms with Crippen LogP contribution in [-0.4, -0.2) is 16.8 Å². The fourth-order valence-corrected chi connectivity index (χ4v) is 2.12. The number of hydrogen-bond acceptors (Lipinski definition) is 4. The summed E-state index contributed by atoms with van der Waals surface area (Å²) in [5.74, 6) is -0.415. The molecule has 1 aromatic carbocycles. The van der Waals surface area contributed by atoms with Crippen LogP contribution in [-0.2, 0) is 4.79 Å². The highest BCUT2D eigenvalue weighted by atomic mass is 32.1. The third-order valence-electron chi connectivity index (χ3n) is 2.49. The average molecular weight is 301 g/mol. The number of carbonyl (C=O) groups excluding carboxylic acids is 2. The molecule has 0 aliphatic rings. The molecule has 0 spiro atoms. The van der Waals surface area contributed by atoms with E-state index in [2.05, 4.69) is 15.6 Å². The molecule has 0 radical (unpaired) electrons. The van der Waals surface area contributed by atoms with Gasteiger partial charge in [0.1, 0.15) is 0 Å². The Morgan fingerprint density at radius 3 is 2.43 bits per heavy atom. The Kier molecular flexibility index (Phi) is 4.84. The SMILES string of the molecule is CC(C)=CC(=O)Nc1ccc(C(=O)Nc2nccs2)cc1. The standard InChI is InChI=1S/C15H15N3O2S/c1-10(2)9-13(19)17-12-5-3-11(4-6-12)14(20)18-15-16-7-8-21-15/h3-9H,1-2H3,(H,17,19)(H,16,18,20). The topological polar surface area (TPSA) is 71.1 Å². The fourth-order valence-electron chi connectivity index (χ4n) is 1.60. The second kappa shape index (κ2) is 6.81. The van der Waals surface area contributed by atoms with Crippen molar-refractivity contribution in [3.8, 4) is 0 Å². The molecule has 2 rings (SSSR count). The van der Waals surface area contributed by atoms with Crippen LogP contribution in [0.25, 0.3) is 0 Å². The third kappa shape index (κ3) is 4.54. The number of nitrogens with one attached hydrogen (secondary N) is 2. The second-order valence-electron chi connectivity index (χ2n) is 4.58. The Hall–Kier alpha value is -2.47. The van der Waals surface area contributed by atoms with Crippen LogP contribution in [0.2, 0.25) is 0 Å². The van der Waals surface area contributed by atoms with Gasteiger partial charge in [-0.1, -0.05) is 5.57 Å². The zero-order valence-electron chi connectivity index (χ0n) is 11.7. The molecule has 2 N–H and O–H groups in total. The van der Waals surface area contributed by atoms with Crippen LogP contribution < -0.4 is 10.6 Å². The van der Waals surface area contributed by atoms with E-state index in [0.29, 0.717) is 16.4 Å². The smallest absolute Gasteiger partial charge is 0.257 e. The van der Waals surface area contributed by atoms with Crippen molar-refractivity contribution < 1.29 is 9.59 Å². The van der Waals surface area contributed by atoms with E-state index >= 15 is 0 Å². The number of allylic oxidation sites excluding steroid dienone is 1. The van der Waals surface area contributed by atoms with Gasteiger partial charge in [-0.2, -0.15) is 0 Å². The first kappa shape index (κ1) is 14.9. The molecule has 1 aromatic heterocycles. The van der Waals surface area contributed by atoms with Crippen LogP contribution in [0.3, 0.4) is 0 Å². The van der Waals surface area contributed by atoms with Gasteiger partial charge in [-0.3, -0.25) is 14.9 Å². The first-order valence-electron chi connectivity index (χ1n) is 6.31. The number of aromatic nitrogens is 1. The van der Waals surface area contributed by atoms with Crippen molar-refractivity contribution in [2.45, 2.75) is 13.8 Å². The van der Waals surface area contributed by atoms with Crippen LogP contribution in [0, 0.1) is 0 Å². The van der Waals surface area contributed by atoms with Crippen LogP contribution in [0.4, 0.5) is 10.8 Å². The molecule has 0 unspecified atom stereocenters. The summed E-state index contributed by atoms with van der Waals surface area (Å²) in [7, 11) is 0. The Labute approximate surface area is 126 Å². The number of nitrogens with zero attached hydrogens (tertiary/aromatic N) is 1. The Morgan fingerprint density at radius 2 is 1.86 bits per heavy atom. The van der Waals surface area contributed by atoms with Gasteiger partial charge in [-0.25, -0.2) is 4.98 Å². The lowest BCUT2D eigenvalue weighted by molar-refractivity contribution is -0.111. The predicted octanol–water partition coefficient (Wildman–Crippen LogP) is 3.30. The van der Waals surface area contributed by atoms with Crippen LogP contribution >= 0.6 is 11.3 Å². The molecule has 6 heteroatoms. The van der Waals surface area contributed by atoms with E-state index in [-0.39, 0.29) is 11.8 Å². The predicted molar refractivity (Wildman–Crippen MR) is 84.6 cm³/mol. The van der Waals surface area contributed by atoms with Gasteiger partial charge in [0.05, 0.1) is 0 Å². The van der Waals surface area contributed by atoms with E-state index < -0.39 is 0 Å². The zero-order valence-corrected chi connectivity index (χ0v) is 12.5. The zero-order chi connectivity index (χ0) is 15.2. The van der Waals surface area contributed by atoms with Gasteiger partial charge >= 0.3 is 0 Å². The number of carbonyl (C=O) groups is 2. The average Bonchev–Trinajstić information content (AvgIpc) is 2.91. The van der Waals surface area contributed by atoms with Crippen LogP contribution in [0.15, 0.2) is 47.5 Å². The third-order valence-corrected chi connectivity index (χ3v) is 3.18. The Balaban J connectivity index is 2.00. The highest BCUT2D eigenvalue weighted by molar-refractivity contribution is 7.13. The molecule has 0 aliphatic carbocycles. The summed E-state index contributed by atoms with van der Waals surface area (Å²) in [5.41, 5.74) is 2.07. The second-order valence-corrected chi connectivity index (χ2v) is 5.47. The van der Waals surface area contributed by atoms with Crippen molar-refractivity contribution >= 4 is 34.0 Å². The molecule has 0 saturated carbocycles. The quantitative estimate of drug-likeness (QED) is 0.851. The van der Waals surface area contributed by atoms with Crippen LogP contribution in [0.5, 0.6) is 0 Å². The lowest BCUT2D eigenvalue weighted by atomic mass is 10.2. The number of benzene rings is 1. The minimum absolute atomic E-state index is 0.185. The van der Waals surface area contributed by atoms with Crippen molar-refractivity contribution in [2.75, 3.05) is 10.6 Å². The molecule has 0 atom stereocenters. The molecule has 2 aromatic rings. The van der Waals surface area contributed by atoms with Crippen molar-refractivity contribution in [3.63, 3.8) is 0 Å². The number of rotatable bonds is 4. The lowest BCUT2D eigenvalue weighted by Crippen LogP contribution is -2.12. The van der Waals surface area contributed by atoms with Gasteiger partial charge in [-0.15, -0.1) is 11.3 Å². The first-order valence-corrected chi connectivity index (χ1v) is 7.19. The molecule has 2 amide bonds. The molecule has 1 heterocycles. The highest BCUT2D eigenvalue weighted by Gasteiger charge is 2.07. The molecular weight excluding hydrogens is 286 g/mol. The molecule has 5 nitrogen and oxygen atoms in total. The Bertz CT molecular complexity index is 657. The number of amides is 2. The number of anilines is 2. The summed E-state index contributed by atoms with van der Waals surface area (Å²) < 4.78 is 0. The van der Waals surface area contributed by atoms with E-state index in [9.17, 15) is 9.59 Å². The summed E-state index contributed by atoms with van der Waals surface area (Å²) in [6.45, 7) is 3.71. The van der Waals surface area contributed by atoms with E-state index in [1.165, 1.54) is 17.4 Å². The lowest BCUT2D eigenvalue weighted by Gasteiger charge is -2.05. The minimum atomic E-state index is -0.230. The monoisotopic (exact) mass is 301 g/mol. The van der Waals surface area contributed by atoms with Crippen molar-refractivity contribution in [3.05, 3.63) is 53.1 Å². The van der Waals surface area contributed by atoms with E-state index in [1.54, 1.807) is 35.8 Å². The number of hydrogen-bond donors (Lipinski definition) is 2. The molecular formula is C15H15N3O2S. The molecule has 0 bridgehead atoms. The highest BCUT2D eigenvalue weighted by Crippen LogP contribution is 2.14. The summed E-state index contributed by atoms with van der Waals surface area (Å²) in [6, 6.07) is 6.68. The summed E-state index contributed by atoms with van der Waals surface area (Å²) in [6.07, 6.45) is 3.14. The maximum atomic E-state index is 11.9. The molecule has 108 valence electrons. The maximum absolute atomic E-state index is 11.9. The molecule has 0 saturated heterocycles. The van der Waals surface area contributed by atoms with Gasteiger partial charge in [0.15, 0.2) is 5.13 Å². The maximum Gasteiger partial charge on any atom is 0.257 e. The summed E-state index contributed by atoms with van der Waals surface area (Å²) >= 11 is 1.36. The summed E-state index contributed by atoms with van der Waals surface area (Å²) in [5, 5.41) is 7.77. The summed E-state index contributed by atoms with van der Waals surface area (Å²) in [4.78, 5) is 27.5. The Morgan fingerprint density at radius 1 is 1.14 bits per heavy atom. The first-order chi connectivity index (χ1) is 10.0. The fraction of sp³-hybridized carbons (Fsp3) is 0.133. The van der Waals surface area contributed by atoms with Gasteiger partial charge in [-0.05, 0) is 38.1 Å². The van der Waals surface area contributed by atoms with E-state index in [1.807, 2.05) is 13.8 Å². The number of thiazole rings is 1. The van der Waals surface area contributed by atoms with Gasteiger partial charge in [0.25, 0.3) is 5.91 Å².